The van der Waals surface area contributed by atoms with Crippen molar-refractivity contribution >= 4 is 27.7 Å². The first-order valence-corrected chi connectivity index (χ1v) is 12.1. The van der Waals surface area contributed by atoms with Crippen molar-refractivity contribution in [1.82, 2.24) is 14.4 Å². The van der Waals surface area contributed by atoms with E-state index in [1.807, 2.05) is 36.9 Å². The maximum absolute atomic E-state index is 13.3. The molecule has 31 heavy (non-hydrogen) atoms. The zero-order valence-electron chi connectivity index (χ0n) is 19.3. The van der Waals surface area contributed by atoms with E-state index in [1.165, 1.54) is 5.56 Å². The molecule has 0 aliphatic rings. The summed E-state index contributed by atoms with van der Waals surface area (Å²) in [5.41, 5.74) is 2.31. The maximum Gasteiger partial charge on any atom is 0.242 e. The van der Waals surface area contributed by atoms with Gasteiger partial charge in [0.25, 0.3) is 0 Å². The van der Waals surface area contributed by atoms with Crippen molar-refractivity contribution in [3.8, 4) is 0 Å². The van der Waals surface area contributed by atoms with Gasteiger partial charge in [-0.1, -0.05) is 55.3 Å². The molecule has 0 N–H and O–H groups in total. The van der Waals surface area contributed by atoms with Crippen LogP contribution in [0.25, 0.3) is 0 Å². The number of amides is 2. The Hall–Kier alpha value is -2.08. The third-order valence-electron chi connectivity index (χ3n) is 5.73. The highest BCUT2D eigenvalue weighted by molar-refractivity contribution is 9.10. The summed E-state index contributed by atoms with van der Waals surface area (Å²) >= 11 is 3.48. The highest BCUT2D eigenvalue weighted by atomic mass is 79.9. The summed E-state index contributed by atoms with van der Waals surface area (Å²) in [6.07, 6.45) is 5.29. The second-order valence-electron chi connectivity index (χ2n) is 8.06. The number of aromatic nitrogens is 1. The van der Waals surface area contributed by atoms with Crippen LogP contribution >= 0.6 is 15.9 Å². The van der Waals surface area contributed by atoms with Gasteiger partial charge < -0.3 is 14.4 Å². The number of hydrogen-bond donors (Lipinski definition) is 0. The standard InChI is InChI=1S/C25H36BrN3O2/c1-5-8-15-28(25(31)19-29(20(4)6-2)24(30)7-3)18-23-10-9-16-27(23)17-21-11-13-22(26)14-12-21/h9-14,16,20H,5-8,15,17-19H2,1-4H3. The van der Waals surface area contributed by atoms with E-state index in [4.69, 9.17) is 0 Å². The van der Waals surface area contributed by atoms with E-state index in [-0.39, 0.29) is 24.4 Å². The number of carbonyl (C=O) groups is 2. The minimum Gasteiger partial charge on any atom is -0.345 e. The van der Waals surface area contributed by atoms with Crippen molar-refractivity contribution in [3.63, 3.8) is 0 Å². The van der Waals surface area contributed by atoms with Gasteiger partial charge in [-0.15, -0.1) is 0 Å². The third kappa shape index (κ3) is 7.53. The van der Waals surface area contributed by atoms with Crippen molar-refractivity contribution in [2.75, 3.05) is 13.1 Å². The summed E-state index contributed by atoms with van der Waals surface area (Å²) in [7, 11) is 0. The fraction of sp³-hybridized carbons (Fsp3) is 0.520. The van der Waals surface area contributed by atoms with Gasteiger partial charge >= 0.3 is 0 Å². The quantitative estimate of drug-likeness (QED) is 0.397. The topological polar surface area (TPSA) is 45.6 Å². The van der Waals surface area contributed by atoms with Crippen LogP contribution in [0.1, 0.15) is 64.6 Å². The van der Waals surface area contributed by atoms with Gasteiger partial charge in [-0.3, -0.25) is 9.59 Å². The summed E-state index contributed by atoms with van der Waals surface area (Å²) in [5, 5.41) is 0. The molecule has 5 nitrogen and oxygen atoms in total. The molecule has 2 rings (SSSR count). The average Bonchev–Trinajstić information content (AvgIpc) is 3.21. The predicted molar refractivity (Wildman–Crippen MR) is 130 cm³/mol. The van der Waals surface area contributed by atoms with E-state index in [1.54, 1.807) is 4.90 Å². The van der Waals surface area contributed by atoms with Crippen LogP contribution in [0.5, 0.6) is 0 Å². The maximum atomic E-state index is 13.3. The predicted octanol–water partition coefficient (Wildman–Crippen LogP) is 5.46. The molecule has 0 saturated heterocycles. The van der Waals surface area contributed by atoms with Gasteiger partial charge in [0, 0.05) is 41.9 Å². The monoisotopic (exact) mass is 489 g/mol. The van der Waals surface area contributed by atoms with Crippen LogP contribution in [-0.2, 0) is 22.7 Å². The van der Waals surface area contributed by atoms with Gasteiger partial charge in [0.05, 0.1) is 13.1 Å². The van der Waals surface area contributed by atoms with Crippen molar-refractivity contribution < 1.29 is 9.59 Å². The molecule has 0 aliphatic heterocycles. The summed E-state index contributed by atoms with van der Waals surface area (Å²) in [6.45, 7) is 10.2. The Morgan fingerprint density at radius 2 is 1.77 bits per heavy atom. The number of nitrogens with zero attached hydrogens (tertiary/aromatic N) is 3. The van der Waals surface area contributed by atoms with Gasteiger partial charge in [-0.05, 0) is 49.6 Å². The molecule has 0 aliphatic carbocycles. The SMILES string of the molecule is CCCCN(Cc1cccn1Cc1ccc(Br)cc1)C(=O)CN(C(=O)CC)C(C)CC. The molecular formula is C25H36BrN3O2. The average molecular weight is 490 g/mol. The number of carbonyl (C=O) groups excluding carboxylic acids is 2. The van der Waals surface area contributed by atoms with Crippen LogP contribution < -0.4 is 0 Å². The Morgan fingerprint density at radius 3 is 2.39 bits per heavy atom. The summed E-state index contributed by atoms with van der Waals surface area (Å²) in [5.74, 6) is 0.0590. The summed E-state index contributed by atoms with van der Waals surface area (Å²) < 4.78 is 3.26. The Balaban J connectivity index is 2.15. The van der Waals surface area contributed by atoms with E-state index < -0.39 is 0 Å². The van der Waals surface area contributed by atoms with E-state index in [9.17, 15) is 9.59 Å². The lowest BCUT2D eigenvalue weighted by atomic mass is 10.2. The van der Waals surface area contributed by atoms with Crippen LogP contribution in [0.3, 0.4) is 0 Å². The molecule has 0 spiro atoms. The smallest absolute Gasteiger partial charge is 0.242 e. The molecule has 2 amide bonds. The molecule has 170 valence electrons. The molecule has 1 aromatic heterocycles. The second kappa shape index (κ2) is 12.7. The highest BCUT2D eigenvalue weighted by Gasteiger charge is 2.24. The molecule has 1 unspecified atom stereocenters. The van der Waals surface area contributed by atoms with Crippen molar-refractivity contribution in [2.45, 2.75) is 72.5 Å². The van der Waals surface area contributed by atoms with Crippen LogP contribution in [-0.4, -0.2) is 45.3 Å². The lowest BCUT2D eigenvalue weighted by Crippen LogP contribution is -2.46. The first kappa shape index (κ1) is 25.2. The van der Waals surface area contributed by atoms with Gasteiger partial charge in [-0.2, -0.15) is 0 Å². The fourth-order valence-electron chi connectivity index (χ4n) is 3.53. The molecule has 6 heteroatoms. The number of benzene rings is 1. The molecule has 2 aromatic rings. The number of halogens is 1. The molecule has 0 fully saturated rings. The zero-order chi connectivity index (χ0) is 22.8. The molecule has 1 aromatic carbocycles. The summed E-state index contributed by atoms with van der Waals surface area (Å²) in [4.78, 5) is 29.3. The van der Waals surface area contributed by atoms with Crippen LogP contribution in [0.15, 0.2) is 47.1 Å². The van der Waals surface area contributed by atoms with Gasteiger partial charge in [0.15, 0.2) is 0 Å². The minimum absolute atomic E-state index is 0.0203. The van der Waals surface area contributed by atoms with Gasteiger partial charge in [-0.25, -0.2) is 0 Å². The number of rotatable bonds is 12. The third-order valence-corrected chi connectivity index (χ3v) is 6.26. The van der Waals surface area contributed by atoms with Crippen LogP contribution in [0.2, 0.25) is 0 Å². The van der Waals surface area contributed by atoms with Crippen molar-refractivity contribution in [3.05, 3.63) is 58.3 Å². The van der Waals surface area contributed by atoms with Gasteiger partial charge in [0.2, 0.25) is 11.8 Å². The molecule has 1 atom stereocenters. The van der Waals surface area contributed by atoms with E-state index >= 15 is 0 Å². The van der Waals surface area contributed by atoms with Gasteiger partial charge in [0.1, 0.15) is 0 Å². The van der Waals surface area contributed by atoms with E-state index in [2.05, 4.69) is 58.7 Å². The Bertz CT molecular complexity index is 832. The second-order valence-corrected chi connectivity index (χ2v) is 8.97. The van der Waals surface area contributed by atoms with E-state index in [0.29, 0.717) is 19.5 Å². The highest BCUT2D eigenvalue weighted by Crippen LogP contribution is 2.15. The zero-order valence-corrected chi connectivity index (χ0v) is 20.9. The Labute approximate surface area is 195 Å². The van der Waals surface area contributed by atoms with Crippen molar-refractivity contribution in [2.24, 2.45) is 0 Å². The lowest BCUT2D eigenvalue weighted by molar-refractivity contribution is -0.142. The lowest BCUT2D eigenvalue weighted by Gasteiger charge is -2.31. The molecule has 0 saturated carbocycles. The normalized spacial score (nSPS) is 11.9. The Morgan fingerprint density at radius 1 is 1.06 bits per heavy atom. The molecular weight excluding hydrogens is 454 g/mol. The molecule has 0 radical (unpaired) electrons. The Kier molecular flexibility index (Phi) is 10.3. The first-order valence-electron chi connectivity index (χ1n) is 11.3. The molecule has 0 bridgehead atoms. The van der Waals surface area contributed by atoms with Crippen molar-refractivity contribution in [1.29, 1.82) is 0 Å². The number of unbranched alkanes of at least 4 members (excludes halogenated alkanes) is 1. The fourth-order valence-corrected chi connectivity index (χ4v) is 3.79. The summed E-state index contributed by atoms with van der Waals surface area (Å²) in [6, 6.07) is 12.5. The molecule has 1 heterocycles. The minimum atomic E-state index is 0.0203. The van der Waals surface area contributed by atoms with Crippen LogP contribution in [0, 0.1) is 0 Å². The van der Waals surface area contributed by atoms with Crippen LogP contribution in [0.4, 0.5) is 0 Å². The first-order chi connectivity index (χ1) is 14.9. The van der Waals surface area contributed by atoms with E-state index in [0.717, 1.165) is 36.0 Å². The number of hydrogen-bond acceptors (Lipinski definition) is 2. The largest absolute Gasteiger partial charge is 0.345 e.